The van der Waals surface area contributed by atoms with Gasteiger partial charge in [-0.25, -0.2) is 0 Å². The normalized spacial score (nSPS) is 14.9. The molecule has 0 spiro atoms. The monoisotopic (exact) mass is 243 g/mol. The summed E-state index contributed by atoms with van der Waals surface area (Å²) in [7, 11) is 0. The summed E-state index contributed by atoms with van der Waals surface area (Å²) in [5.41, 5.74) is 5.78. The van der Waals surface area contributed by atoms with Crippen molar-refractivity contribution in [3.63, 3.8) is 0 Å². The van der Waals surface area contributed by atoms with Crippen molar-refractivity contribution < 1.29 is 0 Å². The molecular formula is C12H18ClNS. The Balaban J connectivity index is 2.66. The first-order chi connectivity index (χ1) is 7.17. The van der Waals surface area contributed by atoms with Gasteiger partial charge in [-0.3, -0.25) is 0 Å². The maximum absolute atomic E-state index is 5.94. The summed E-state index contributed by atoms with van der Waals surface area (Å²) in [5.74, 6) is 0.638. The summed E-state index contributed by atoms with van der Waals surface area (Å²) in [5, 5.41) is 1.27. The first-order valence-electron chi connectivity index (χ1n) is 5.29. The molecule has 0 saturated heterocycles. The van der Waals surface area contributed by atoms with Crippen LogP contribution >= 0.6 is 23.4 Å². The van der Waals surface area contributed by atoms with Gasteiger partial charge in [0.05, 0.1) is 0 Å². The van der Waals surface area contributed by atoms with E-state index in [2.05, 4.69) is 19.9 Å². The third-order valence-electron chi connectivity index (χ3n) is 2.59. The third-order valence-corrected chi connectivity index (χ3v) is 4.32. The molecule has 1 aromatic rings. The Kier molecular flexibility index (Phi) is 5.51. The van der Waals surface area contributed by atoms with E-state index in [0.29, 0.717) is 17.7 Å². The fourth-order valence-electron chi connectivity index (χ4n) is 1.37. The molecule has 0 aliphatic rings. The van der Waals surface area contributed by atoms with Crippen molar-refractivity contribution in [1.82, 2.24) is 0 Å². The Morgan fingerprint density at radius 2 is 2.20 bits per heavy atom. The summed E-state index contributed by atoms with van der Waals surface area (Å²) in [6.45, 7) is 5.16. The van der Waals surface area contributed by atoms with E-state index in [1.807, 2.05) is 30.0 Å². The number of rotatable bonds is 5. The van der Waals surface area contributed by atoms with Crippen molar-refractivity contribution in [3.05, 3.63) is 29.3 Å². The summed E-state index contributed by atoms with van der Waals surface area (Å²) < 4.78 is 0. The molecule has 0 heterocycles. The van der Waals surface area contributed by atoms with E-state index in [9.17, 15) is 0 Å². The smallest absolute Gasteiger partial charge is 0.0417 e. The average Bonchev–Trinajstić information content (AvgIpc) is 2.25. The van der Waals surface area contributed by atoms with E-state index in [4.69, 9.17) is 17.3 Å². The second kappa shape index (κ2) is 6.41. The van der Waals surface area contributed by atoms with Crippen LogP contribution in [0.1, 0.15) is 20.3 Å². The largest absolute Gasteiger partial charge is 0.329 e. The van der Waals surface area contributed by atoms with Gasteiger partial charge < -0.3 is 5.73 Å². The molecule has 0 bridgehead atoms. The zero-order valence-electron chi connectivity index (χ0n) is 9.24. The Bertz CT molecular complexity index is 303. The molecule has 2 atom stereocenters. The van der Waals surface area contributed by atoms with Gasteiger partial charge in [-0.15, -0.1) is 11.8 Å². The molecule has 15 heavy (non-hydrogen) atoms. The highest BCUT2D eigenvalue weighted by Gasteiger charge is 2.15. The van der Waals surface area contributed by atoms with Crippen LogP contribution in [0.15, 0.2) is 29.2 Å². The van der Waals surface area contributed by atoms with Gasteiger partial charge in [-0.2, -0.15) is 0 Å². The SMILES string of the molecule is CCC(C)C(CN)Sc1cccc(Cl)c1. The minimum Gasteiger partial charge on any atom is -0.329 e. The van der Waals surface area contributed by atoms with Crippen molar-refractivity contribution >= 4 is 23.4 Å². The molecule has 84 valence electrons. The molecule has 0 aliphatic heterocycles. The van der Waals surface area contributed by atoms with Crippen molar-refractivity contribution in [2.24, 2.45) is 11.7 Å². The topological polar surface area (TPSA) is 26.0 Å². The van der Waals surface area contributed by atoms with Gasteiger partial charge in [-0.1, -0.05) is 37.9 Å². The number of benzene rings is 1. The van der Waals surface area contributed by atoms with Crippen molar-refractivity contribution in [2.75, 3.05) is 6.54 Å². The number of nitrogens with two attached hydrogens (primary N) is 1. The lowest BCUT2D eigenvalue weighted by atomic mass is 10.1. The summed E-state index contributed by atoms with van der Waals surface area (Å²) in [6, 6.07) is 7.96. The molecule has 3 heteroatoms. The first-order valence-corrected chi connectivity index (χ1v) is 6.55. The highest BCUT2D eigenvalue weighted by molar-refractivity contribution is 8.00. The lowest BCUT2D eigenvalue weighted by Gasteiger charge is -2.20. The predicted octanol–water partition coefficient (Wildman–Crippen LogP) is 3.81. The fraction of sp³-hybridized carbons (Fsp3) is 0.500. The van der Waals surface area contributed by atoms with Gasteiger partial charge >= 0.3 is 0 Å². The van der Waals surface area contributed by atoms with Crippen LogP contribution in [-0.2, 0) is 0 Å². The van der Waals surface area contributed by atoms with Gasteiger partial charge in [-0.05, 0) is 24.1 Å². The van der Waals surface area contributed by atoms with Gasteiger partial charge in [0, 0.05) is 21.7 Å². The fourth-order valence-corrected chi connectivity index (χ4v) is 2.85. The quantitative estimate of drug-likeness (QED) is 0.796. The molecule has 0 radical (unpaired) electrons. The molecule has 2 N–H and O–H groups in total. The summed E-state index contributed by atoms with van der Waals surface area (Å²) >= 11 is 7.77. The van der Waals surface area contributed by atoms with Crippen LogP contribution in [0.25, 0.3) is 0 Å². The lowest BCUT2D eigenvalue weighted by Crippen LogP contribution is -2.23. The summed E-state index contributed by atoms with van der Waals surface area (Å²) in [4.78, 5) is 1.21. The van der Waals surface area contributed by atoms with Gasteiger partial charge in [0.1, 0.15) is 0 Å². The highest BCUT2D eigenvalue weighted by atomic mass is 35.5. The maximum Gasteiger partial charge on any atom is 0.0417 e. The van der Waals surface area contributed by atoms with Crippen molar-refractivity contribution in [1.29, 1.82) is 0 Å². The van der Waals surface area contributed by atoms with E-state index in [0.717, 1.165) is 11.4 Å². The molecule has 0 amide bonds. The van der Waals surface area contributed by atoms with Gasteiger partial charge in [0.15, 0.2) is 0 Å². The van der Waals surface area contributed by atoms with E-state index in [1.165, 1.54) is 4.90 Å². The lowest BCUT2D eigenvalue weighted by molar-refractivity contribution is 0.538. The minimum absolute atomic E-state index is 0.480. The molecule has 1 nitrogen and oxygen atoms in total. The molecular weight excluding hydrogens is 226 g/mol. The number of hydrogen-bond donors (Lipinski definition) is 1. The third kappa shape index (κ3) is 4.06. The molecule has 1 rings (SSSR count). The zero-order valence-corrected chi connectivity index (χ0v) is 10.8. The Morgan fingerprint density at radius 3 is 2.73 bits per heavy atom. The second-order valence-electron chi connectivity index (χ2n) is 3.73. The van der Waals surface area contributed by atoms with Crippen LogP contribution < -0.4 is 5.73 Å². The van der Waals surface area contributed by atoms with E-state index < -0.39 is 0 Å². The molecule has 1 aromatic carbocycles. The van der Waals surface area contributed by atoms with Crippen LogP contribution in [-0.4, -0.2) is 11.8 Å². The zero-order chi connectivity index (χ0) is 11.3. The molecule has 0 fully saturated rings. The van der Waals surface area contributed by atoms with Crippen LogP contribution in [0.4, 0.5) is 0 Å². The highest BCUT2D eigenvalue weighted by Crippen LogP contribution is 2.30. The average molecular weight is 244 g/mol. The number of thioether (sulfide) groups is 1. The second-order valence-corrected chi connectivity index (χ2v) is 5.48. The number of halogens is 1. The van der Waals surface area contributed by atoms with Crippen LogP contribution in [0.3, 0.4) is 0 Å². The minimum atomic E-state index is 0.480. The van der Waals surface area contributed by atoms with Gasteiger partial charge in [0.25, 0.3) is 0 Å². The van der Waals surface area contributed by atoms with E-state index >= 15 is 0 Å². The maximum atomic E-state index is 5.94. The van der Waals surface area contributed by atoms with Crippen molar-refractivity contribution in [3.8, 4) is 0 Å². The first kappa shape index (κ1) is 12.9. The van der Waals surface area contributed by atoms with E-state index in [-0.39, 0.29) is 0 Å². The van der Waals surface area contributed by atoms with Crippen LogP contribution in [0.2, 0.25) is 5.02 Å². The standard InChI is InChI=1S/C12H18ClNS/c1-3-9(2)12(8-14)15-11-6-4-5-10(13)7-11/h4-7,9,12H,3,8,14H2,1-2H3. The molecule has 0 saturated carbocycles. The van der Waals surface area contributed by atoms with Crippen LogP contribution in [0.5, 0.6) is 0 Å². The van der Waals surface area contributed by atoms with E-state index in [1.54, 1.807) is 0 Å². The Hall–Kier alpha value is -0.180. The summed E-state index contributed by atoms with van der Waals surface area (Å²) in [6.07, 6.45) is 1.16. The predicted molar refractivity (Wildman–Crippen MR) is 69.6 cm³/mol. The molecule has 0 aliphatic carbocycles. The van der Waals surface area contributed by atoms with Gasteiger partial charge in [0.2, 0.25) is 0 Å². The Morgan fingerprint density at radius 1 is 1.47 bits per heavy atom. The molecule has 2 unspecified atom stereocenters. The van der Waals surface area contributed by atoms with Crippen LogP contribution in [0, 0.1) is 5.92 Å². The molecule has 0 aromatic heterocycles. The number of hydrogen-bond acceptors (Lipinski definition) is 2. The Labute approximate surface area is 101 Å². The van der Waals surface area contributed by atoms with Crippen molar-refractivity contribution in [2.45, 2.75) is 30.4 Å².